The standard InChI is InChI=1S/C14H29N/c1-3-4-5-6-7-9-12-15-13-10-8-11-14(15)2/h14H,3-13H2,1-2H3. The Morgan fingerprint density at radius 2 is 1.73 bits per heavy atom. The van der Waals surface area contributed by atoms with Gasteiger partial charge in [-0.3, -0.25) is 0 Å². The maximum Gasteiger partial charge on any atom is 0.00669 e. The Kier molecular flexibility index (Phi) is 7.08. The largest absolute Gasteiger partial charge is 0.301 e. The van der Waals surface area contributed by atoms with Crippen molar-refractivity contribution in [2.24, 2.45) is 0 Å². The van der Waals surface area contributed by atoms with E-state index in [4.69, 9.17) is 0 Å². The number of unbranched alkanes of at least 4 members (excludes halogenated alkanes) is 5. The van der Waals surface area contributed by atoms with E-state index in [0.29, 0.717) is 0 Å². The van der Waals surface area contributed by atoms with Crippen LogP contribution in [0.3, 0.4) is 0 Å². The van der Waals surface area contributed by atoms with Crippen molar-refractivity contribution in [1.29, 1.82) is 0 Å². The first-order valence-corrected chi connectivity index (χ1v) is 7.08. The van der Waals surface area contributed by atoms with E-state index < -0.39 is 0 Å². The van der Waals surface area contributed by atoms with Crippen LogP contribution in [0.2, 0.25) is 0 Å². The van der Waals surface area contributed by atoms with Crippen molar-refractivity contribution in [3.05, 3.63) is 0 Å². The summed E-state index contributed by atoms with van der Waals surface area (Å²) < 4.78 is 0. The Labute approximate surface area is 96.2 Å². The molecule has 0 amide bonds. The predicted octanol–water partition coefficient (Wildman–Crippen LogP) is 4.22. The van der Waals surface area contributed by atoms with Crippen LogP contribution in [0.5, 0.6) is 0 Å². The number of hydrogen-bond donors (Lipinski definition) is 0. The summed E-state index contributed by atoms with van der Waals surface area (Å²) in [5.74, 6) is 0. The summed E-state index contributed by atoms with van der Waals surface area (Å²) in [6, 6.07) is 0.856. The Balaban J connectivity index is 1.94. The highest BCUT2D eigenvalue weighted by Gasteiger charge is 2.16. The molecule has 0 aromatic carbocycles. The molecule has 0 radical (unpaired) electrons. The Morgan fingerprint density at radius 1 is 1.00 bits per heavy atom. The maximum atomic E-state index is 2.70. The van der Waals surface area contributed by atoms with Crippen LogP contribution >= 0.6 is 0 Å². The van der Waals surface area contributed by atoms with Crippen LogP contribution in [0.4, 0.5) is 0 Å². The topological polar surface area (TPSA) is 3.24 Å². The average molecular weight is 211 g/mol. The zero-order valence-corrected chi connectivity index (χ0v) is 10.8. The third kappa shape index (κ3) is 5.55. The molecule has 1 unspecified atom stereocenters. The SMILES string of the molecule is CCCCCCCCN1CCCCC1C. The van der Waals surface area contributed by atoms with Gasteiger partial charge in [-0.05, 0) is 39.3 Å². The molecule has 1 rings (SSSR count). The van der Waals surface area contributed by atoms with Crippen molar-refractivity contribution in [3.8, 4) is 0 Å². The molecular weight excluding hydrogens is 182 g/mol. The molecule has 0 N–H and O–H groups in total. The summed E-state index contributed by atoms with van der Waals surface area (Å²) in [6.45, 7) is 7.40. The summed E-state index contributed by atoms with van der Waals surface area (Å²) in [5.41, 5.74) is 0. The minimum atomic E-state index is 0.856. The van der Waals surface area contributed by atoms with Crippen LogP contribution in [0.1, 0.15) is 71.6 Å². The summed E-state index contributed by atoms with van der Waals surface area (Å²) in [4.78, 5) is 2.70. The second-order valence-corrected chi connectivity index (χ2v) is 5.15. The van der Waals surface area contributed by atoms with E-state index in [1.54, 1.807) is 0 Å². The highest BCUT2D eigenvalue weighted by molar-refractivity contribution is 4.72. The zero-order chi connectivity index (χ0) is 10.9. The molecule has 0 aliphatic carbocycles. The van der Waals surface area contributed by atoms with E-state index in [1.165, 1.54) is 70.9 Å². The van der Waals surface area contributed by atoms with Crippen LogP contribution in [0, 0.1) is 0 Å². The van der Waals surface area contributed by atoms with Crippen LogP contribution in [-0.2, 0) is 0 Å². The quantitative estimate of drug-likeness (QED) is 0.570. The molecule has 0 aromatic rings. The van der Waals surface area contributed by atoms with Crippen molar-refractivity contribution < 1.29 is 0 Å². The van der Waals surface area contributed by atoms with E-state index in [-0.39, 0.29) is 0 Å². The fourth-order valence-corrected chi connectivity index (χ4v) is 2.59. The average Bonchev–Trinajstić information content (AvgIpc) is 2.25. The van der Waals surface area contributed by atoms with Gasteiger partial charge in [0.15, 0.2) is 0 Å². The van der Waals surface area contributed by atoms with E-state index in [9.17, 15) is 0 Å². The molecule has 1 heterocycles. The van der Waals surface area contributed by atoms with Crippen LogP contribution < -0.4 is 0 Å². The summed E-state index contributed by atoms with van der Waals surface area (Å²) in [5, 5.41) is 0. The molecule has 1 atom stereocenters. The van der Waals surface area contributed by atoms with Gasteiger partial charge in [-0.15, -0.1) is 0 Å². The highest BCUT2D eigenvalue weighted by atomic mass is 15.1. The minimum Gasteiger partial charge on any atom is -0.301 e. The molecule has 1 fully saturated rings. The lowest BCUT2D eigenvalue weighted by Crippen LogP contribution is -2.37. The molecule has 1 nitrogen and oxygen atoms in total. The van der Waals surface area contributed by atoms with Gasteiger partial charge in [-0.2, -0.15) is 0 Å². The zero-order valence-electron chi connectivity index (χ0n) is 10.8. The third-order valence-corrected chi connectivity index (χ3v) is 3.74. The normalized spacial score (nSPS) is 23.2. The number of nitrogens with zero attached hydrogens (tertiary/aromatic N) is 1. The van der Waals surface area contributed by atoms with Crippen molar-refractivity contribution >= 4 is 0 Å². The minimum absolute atomic E-state index is 0.856. The lowest BCUT2D eigenvalue weighted by Gasteiger charge is -2.33. The highest BCUT2D eigenvalue weighted by Crippen LogP contribution is 2.17. The maximum absolute atomic E-state index is 2.70. The van der Waals surface area contributed by atoms with E-state index in [0.717, 1.165) is 6.04 Å². The summed E-state index contributed by atoms with van der Waals surface area (Å²) in [6.07, 6.45) is 12.9. The lowest BCUT2D eigenvalue weighted by atomic mass is 10.0. The summed E-state index contributed by atoms with van der Waals surface area (Å²) >= 11 is 0. The molecule has 90 valence electrons. The Bertz CT molecular complexity index is 144. The molecule has 1 heteroatoms. The summed E-state index contributed by atoms with van der Waals surface area (Å²) in [7, 11) is 0. The van der Waals surface area contributed by atoms with Crippen LogP contribution in [0.15, 0.2) is 0 Å². The van der Waals surface area contributed by atoms with Gasteiger partial charge >= 0.3 is 0 Å². The van der Waals surface area contributed by atoms with Gasteiger partial charge < -0.3 is 4.90 Å². The molecule has 1 aliphatic rings. The second-order valence-electron chi connectivity index (χ2n) is 5.15. The predicted molar refractivity (Wildman–Crippen MR) is 68.3 cm³/mol. The van der Waals surface area contributed by atoms with Gasteiger partial charge in [0, 0.05) is 6.04 Å². The Hall–Kier alpha value is -0.0400. The Morgan fingerprint density at radius 3 is 2.47 bits per heavy atom. The molecule has 0 bridgehead atoms. The molecule has 0 aromatic heterocycles. The van der Waals surface area contributed by atoms with Gasteiger partial charge in [0.1, 0.15) is 0 Å². The van der Waals surface area contributed by atoms with Crippen molar-refractivity contribution in [2.75, 3.05) is 13.1 Å². The first-order valence-electron chi connectivity index (χ1n) is 7.08. The number of likely N-dealkylation sites (tertiary alicyclic amines) is 1. The fraction of sp³-hybridized carbons (Fsp3) is 1.00. The smallest absolute Gasteiger partial charge is 0.00669 e. The molecular formula is C14H29N. The van der Waals surface area contributed by atoms with Gasteiger partial charge in [0.05, 0.1) is 0 Å². The number of rotatable bonds is 7. The fourth-order valence-electron chi connectivity index (χ4n) is 2.59. The van der Waals surface area contributed by atoms with Crippen LogP contribution in [0.25, 0.3) is 0 Å². The van der Waals surface area contributed by atoms with Crippen molar-refractivity contribution in [3.63, 3.8) is 0 Å². The second kappa shape index (κ2) is 8.15. The van der Waals surface area contributed by atoms with Gasteiger partial charge in [-0.1, -0.05) is 45.4 Å². The monoisotopic (exact) mass is 211 g/mol. The van der Waals surface area contributed by atoms with E-state index in [1.807, 2.05) is 0 Å². The first kappa shape index (κ1) is 13.0. The molecule has 15 heavy (non-hydrogen) atoms. The van der Waals surface area contributed by atoms with Crippen molar-refractivity contribution in [1.82, 2.24) is 4.90 Å². The third-order valence-electron chi connectivity index (χ3n) is 3.74. The molecule has 0 spiro atoms. The lowest BCUT2D eigenvalue weighted by molar-refractivity contribution is 0.157. The molecule has 1 saturated heterocycles. The van der Waals surface area contributed by atoms with E-state index >= 15 is 0 Å². The van der Waals surface area contributed by atoms with Crippen molar-refractivity contribution in [2.45, 2.75) is 77.7 Å². The van der Waals surface area contributed by atoms with E-state index in [2.05, 4.69) is 18.7 Å². The van der Waals surface area contributed by atoms with Gasteiger partial charge in [-0.25, -0.2) is 0 Å². The first-order chi connectivity index (χ1) is 7.34. The molecule has 1 aliphatic heterocycles. The van der Waals surface area contributed by atoms with Gasteiger partial charge in [0.25, 0.3) is 0 Å². The van der Waals surface area contributed by atoms with Crippen LogP contribution in [-0.4, -0.2) is 24.0 Å². The van der Waals surface area contributed by atoms with Gasteiger partial charge in [0.2, 0.25) is 0 Å². The number of hydrogen-bond acceptors (Lipinski definition) is 1. The number of piperidine rings is 1. The molecule has 0 saturated carbocycles.